The number of nitrogens with zero attached hydrogens (tertiary/aromatic N) is 1. The van der Waals surface area contributed by atoms with Gasteiger partial charge in [-0.25, -0.2) is 4.98 Å². The van der Waals surface area contributed by atoms with E-state index in [4.69, 9.17) is 0 Å². The molecular weight excluding hydrogens is 252 g/mol. The van der Waals surface area contributed by atoms with Crippen molar-refractivity contribution in [2.75, 3.05) is 6.54 Å². The molecule has 1 rings (SSSR count). The van der Waals surface area contributed by atoms with E-state index in [1.165, 1.54) is 50.0 Å². The Kier molecular flexibility index (Phi) is 9.10. The van der Waals surface area contributed by atoms with Gasteiger partial charge in [0.15, 0.2) is 0 Å². The van der Waals surface area contributed by atoms with Crippen molar-refractivity contribution in [2.24, 2.45) is 0 Å². The summed E-state index contributed by atoms with van der Waals surface area (Å²) in [5.74, 6) is 0. The van der Waals surface area contributed by atoms with E-state index in [-0.39, 0.29) is 0 Å². The number of thiazole rings is 1. The van der Waals surface area contributed by atoms with Crippen molar-refractivity contribution in [1.29, 1.82) is 0 Å². The summed E-state index contributed by atoms with van der Waals surface area (Å²) in [6, 6.07) is 0.618. The second-order valence-electron chi connectivity index (χ2n) is 5.44. The first kappa shape index (κ1) is 16.6. The Morgan fingerprint density at radius 1 is 1.16 bits per heavy atom. The van der Waals surface area contributed by atoms with E-state index in [2.05, 4.69) is 36.5 Å². The van der Waals surface area contributed by atoms with Crippen LogP contribution in [0, 0.1) is 6.92 Å². The molecule has 1 aromatic heterocycles. The van der Waals surface area contributed by atoms with Crippen LogP contribution in [-0.4, -0.2) is 17.6 Å². The first-order chi connectivity index (χ1) is 9.26. The molecule has 0 aromatic carbocycles. The van der Waals surface area contributed by atoms with Crippen molar-refractivity contribution in [2.45, 2.75) is 78.2 Å². The van der Waals surface area contributed by atoms with E-state index < -0.39 is 0 Å². The smallest absolute Gasteiger partial charge is 0.0943 e. The standard InChI is InChI=1S/C16H30N2S/c1-4-6-7-8-9-10-15(17-11-5-2)12-16-18-14(3)13-19-16/h13,15,17H,4-12H2,1-3H3. The number of hydrogen-bond acceptors (Lipinski definition) is 3. The second-order valence-corrected chi connectivity index (χ2v) is 6.38. The number of aromatic nitrogens is 1. The highest BCUT2D eigenvalue weighted by atomic mass is 32.1. The largest absolute Gasteiger partial charge is 0.314 e. The maximum absolute atomic E-state index is 4.59. The average Bonchev–Trinajstić information content (AvgIpc) is 2.81. The number of aryl methyl sites for hydroxylation is 1. The van der Waals surface area contributed by atoms with Crippen molar-refractivity contribution in [1.82, 2.24) is 10.3 Å². The predicted octanol–water partition coefficient (Wildman–Crippen LogP) is 4.72. The van der Waals surface area contributed by atoms with Crippen LogP contribution in [0.25, 0.3) is 0 Å². The van der Waals surface area contributed by atoms with Gasteiger partial charge in [-0.2, -0.15) is 0 Å². The van der Waals surface area contributed by atoms with Crippen LogP contribution in [-0.2, 0) is 6.42 Å². The highest BCUT2D eigenvalue weighted by Crippen LogP contribution is 2.15. The van der Waals surface area contributed by atoms with Crippen LogP contribution in [0.3, 0.4) is 0 Å². The Morgan fingerprint density at radius 2 is 1.95 bits per heavy atom. The molecule has 0 spiro atoms. The average molecular weight is 282 g/mol. The van der Waals surface area contributed by atoms with Crippen LogP contribution in [0.2, 0.25) is 0 Å². The lowest BCUT2D eigenvalue weighted by Crippen LogP contribution is -2.31. The molecule has 0 fully saturated rings. The molecule has 110 valence electrons. The van der Waals surface area contributed by atoms with Gasteiger partial charge in [0.2, 0.25) is 0 Å². The summed E-state index contributed by atoms with van der Waals surface area (Å²) >= 11 is 1.81. The SMILES string of the molecule is CCCCCCCC(Cc1nc(C)cs1)NCCC. The van der Waals surface area contributed by atoms with Crippen molar-refractivity contribution < 1.29 is 0 Å². The minimum atomic E-state index is 0.618. The number of unbranched alkanes of at least 4 members (excludes halogenated alkanes) is 4. The molecular formula is C16H30N2S. The fourth-order valence-corrected chi connectivity index (χ4v) is 3.18. The molecule has 0 saturated carbocycles. The van der Waals surface area contributed by atoms with E-state index in [0.717, 1.165) is 18.7 Å². The van der Waals surface area contributed by atoms with E-state index >= 15 is 0 Å². The zero-order valence-corrected chi connectivity index (χ0v) is 13.7. The van der Waals surface area contributed by atoms with Gasteiger partial charge >= 0.3 is 0 Å². The zero-order valence-electron chi connectivity index (χ0n) is 12.9. The monoisotopic (exact) mass is 282 g/mol. The van der Waals surface area contributed by atoms with Gasteiger partial charge in [0.05, 0.1) is 5.01 Å². The summed E-state index contributed by atoms with van der Waals surface area (Å²) in [7, 11) is 0. The zero-order chi connectivity index (χ0) is 13.9. The van der Waals surface area contributed by atoms with Crippen LogP contribution < -0.4 is 5.32 Å². The van der Waals surface area contributed by atoms with Gasteiger partial charge in [-0.15, -0.1) is 11.3 Å². The minimum Gasteiger partial charge on any atom is -0.314 e. The van der Waals surface area contributed by atoms with Gasteiger partial charge < -0.3 is 5.32 Å². The predicted molar refractivity (Wildman–Crippen MR) is 86.0 cm³/mol. The van der Waals surface area contributed by atoms with Crippen LogP contribution in [0.15, 0.2) is 5.38 Å². The summed E-state index contributed by atoms with van der Waals surface area (Å²) in [6.45, 7) is 7.72. The summed E-state index contributed by atoms with van der Waals surface area (Å²) in [5.41, 5.74) is 1.16. The topological polar surface area (TPSA) is 24.9 Å². The lowest BCUT2D eigenvalue weighted by atomic mass is 10.0. The fraction of sp³-hybridized carbons (Fsp3) is 0.812. The Bertz CT molecular complexity index is 322. The van der Waals surface area contributed by atoms with E-state index in [1.54, 1.807) is 0 Å². The van der Waals surface area contributed by atoms with E-state index in [0.29, 0.717) is 6.04 Å². The summed E-state index contributed by atoms with van der Waals surface area (Å²) in [4.78, 5) is 4.59. The van der Waals surface area contributed by atoms with Gasteiger partial charge in [0, 0.05) is 23.5 Å². The van der Waals surface area contributed by atoms with Gasteiger partial charge in [0.25, 0.3) is 0 Å². The van der Waals surface area contributed by atoms with Crippen LogP contribution in [0.1, 0.15) is 69.5 Å². The third-order valence-electron chi connectivity index (χ3n) is 3.43. The third-order valence-corrected chi connectivity index (χ3v) is 4.42. The quantitative estimate of drug-likeness (QED) is 0.594. The highest BCUT2D eigenvalue weighted by Gasteiger charge is 2.10. The van der Waals surface area contributed by atoms with Gasteiger partial charge in [-0.3, -0.25) is 0 Å². The molecule has 19 heavy (non-hydrogen) atoms. The molecule has 0 aliphatic carbocycles. The first-order valence-electron chi connectivity index (χ1n) is 7.90. The van der Waals surface area contributed by atoms with Crippen LogP contribution in [0.5, 0.6) is 0 Å². The molecule has 1 unspecified atom stereocenters. The third kappa shape index (κ3) is 7.68. The summed E-state index contributed by atoms with van der Waals surface area (Å²) in [6.07, 6.45) is 10.5. The van der Waals surface area contributed by atoms with E-state index in [9.17, 15) is 0 Å². The van der Waals surface area contributed by atoms with Crippen LogP contribution in [0.4, 0.5) is 0 Å². The molecule has 1 atom stereocenters. The number of rotatable bonds is 11. The molecule has 1 N–H and O–H groups in total. The lowest BCUT2D eigenvalue weighted by Gasteiger charge is -2.17. The van der Waals surface area contributed by atoms with Crippen molar-refractivity contribution in [3.05, 3.63) is 16.1 Å². The van der Waals surface area contributed by atoms with Gasteiger partial charge in [0.1, 0.15) is 0 Å². The minimum absolute atomic E-state index is 0.618. The second kappa shape index (κ2) is 10.4. The Morgan fingerprint density at radius 3 is 2.58 bits per heavy atom. The highest BCUT2D eigenvalue weighted by molar-refractivity contribution is 7.09. The Labute approximate surface area is 123 Å². The van der Waals surface area contributed by atoms with Gasteiger partial charge in [-0.05, 0) is 26.3 Å². The Balaban J connectivity index is 2.29. The van der Waals surface area contributed by atoms with Crippen LogP contribution >= 0.6 is 11.3 Å². The molecule has 0 aliphatic heterocycles. The van der Waals surface area contributed by atoms with Crippen molar-refractivity contribution >= 4 is 11.3 Å². The first-order valence-corrected chi connectivity index (χ1v) is 8.78. The molecule has 0 bridgehead atoms. The normalized spacial score (nSPS) is 12.8. The molecule has 0 radical (unpaired) electrons. The molecule has 1 aromatic rings. The van der Waals surface area contributed by atoms with Crippen molar-refractivity contribution in [3.8, 4) is 0 Å². The molecule has 2 nitrogen and oxygen atoms in total. The number of nitrogens with one attached hydrogen (secondary N) is 1. The fourth-order valence-electron chi connectivity index (χ4n) is 2.33. The molecule has 0 aliphatic rings. The number of hydrogen-bond donors (Lipinski definition) is 1. The molecule has 0 saturated heterocycles. The summed E-state index contributed by atoms with van der Waals surface area (Å²) < 4.78 is 0. The molecule has 3 heteroatoms. The molecule has 1 heterocycles. The summed E-state index contributed by atoms with van der Waals surface area (Å²) in [5, 5.41) is 7.14. The van der Waals surface area contributed by atoms with Crippen molar-refractivity contribution in [3.63, 3.8) is 0 Å². The van der Waals surface area contributed by atoms with E-state index in [1.807, 2.05) is 11.3 Å². The maximum atomic E-state index is 4.59. The molecule has 0 amide bonds. The van der Waals surface area contributed by atoms with Gasteiger partial charge in [-0.1, -0.05) is 46.0 Å². The lowest BCUT2D eigenvalue weighted by molar-refractivity contribution is 0.450. The Hall–Kier alpha value is -0.410. The maximum Gasteiger partial charge on any atom is 0.0943 e.